The Morgan fingerprint density at radius 1 is 0.848 bits per heavy atom. The number of halogens is 1. The molecule has 0 saturated carbocycles. The minimum absolute atomic E-state index is 0.347. The maximum Gasteiger partial charge on any atom is 0.266 e. The lowest BCUT2D eigenvalue weighted by molar-refractivity contribution is -0.126. The molecular formula is C25H21ClN2O5. The van der Waals surface area contributed by atoms with Gasteiger partial charge in [-0.15, -0.1) is 0 Å². The predicted octanol–water partition coefficient (Wildman–Crippen LogP) is 4.41. The molecule has 0 N–H and O–H groups in total. The fourth-order valence-corrected chi connectivity index (χ4v) is 4.57. The molecule has 2 amide bonds. The first-order valence-electron chi connectivity index (χ1n) is 10.4. The zero-order valence-corrected chi connectivity index (χ0v) is 18.7. The summed E-state index contributed by atoms with van der Waals surface area (Å²) in [5.41, 5.74) is 1.86. The van der Waals surface area contributed by atoms with Gasteiger partial charge in [0.2, 0.25) is 5.91 Å². The van der Waals surface area contributed by atoms with Crippen LogP contribution in [0.5, 0.6) is 11.5 Å². The van der Waals surface area contributed by atoms with Gasteiger partial charge in [0, 0.05) is 10.6 Å². The van der Waals surface area contributed by atoms with Crippen molar-refractivity contribution in [2.45, 2.75) is 12.1 Å². The Labute approximate surface area is 196 Å². The lowest BCUT2D eigenvalue weighted by Crippen LogP contribution is -2.37. The molecule has 168 valence electrons. The molecule has 33 heavy (non-hydrogen) atoms. The van der Waals surface area contributed by atoms with Crippen molar-refractivity contribution in [3.8, 4) is 11.5 Å². The van der Waals surface area contributed by atoms with E-state index in [4.69, 9.17) is 25.9 Å². The van der Waals surface area contributed by atoms with Crippen LogP contribution in [0, 0.1) is 5.92 Å². The Kier molecular flexibility index (Phi) is 5.44. The second kappa shape index (κ2) is 8.42. The number of methoxy groups -OCH3 is 2. The lowest BCUT2D eigenvalue weighted by atomic mass is 9.89. The third-order valence-electron chi connectivity index (χ3n) is 5.97. The average molecular weight is 465 g/mol. The van der Waals surface area contributed by atoms with Gasteiger partial charge in [-0.2, -0.15) is 0 Å². The highest BCUT2D eigenvalue weighted by molar-refractivity contribution is 6.31. The number of amides is 2. The van der Waals surface area contributed by atoms with Gasteiger partial charge in [-0.3, -0.25) is 14.4 Å². The number of carbonyl (C=O) groups excluding carboxylic acids is 2. The molecule has 3 aromatic rings. The van der Waals surface area contributed by atoms with Crippen molar-refractivity contribution in [3.63, 3.8) is 0 Å². The molecule has 7 nitrogen and oxygen atoms in total. The van der Waals surface area contributed by atoms with Crippen LogP contribution in [0.4, 0.5) is 11.4 Å². The number of para-hydroxylation sites is 1. The fraction of sp³-hybridized carbons (Fsp3) is 0.200. The van der Waals surface area contributed by atoms with Gasteiger partial charge in [0.1, 0.15) is 23.5 Å². The maximum atomic E-state index is 13.7. The third-order valence-corrected chi connectivity index (χ3v) is 6.22. The van der Waals surface area contributed by atoms with Crippen LogP contribution in [0.1, 0.15) is 11.6 Å². The Balaban J connectivity index is 1.63. The van der Waals surface area contributed by atoms with Crippen molar-refractivity contribution in [3.05, 3.63) is 83.4 Å². The molecule has 2 saturated heterocycles. The number of anilines is 2. The Bertz CT molecular complexity index is 1200. The van der Waals surface area contributed by atoms with E-state index in [-0.39, 0.29) is 5.91 Å². The maximum absolute atomic E-state index is 13.7. The Morgan fingerprint density at radius 2 is 1.58 bits per heavy atom. The van der Waals surface area contributed by atoms with E-state index in [0.717, 1.165) is 5.69 Å². The number of hydrogen-bond donors (Lipinski definition) is 0. The van der Waals surface area contributed by atoms with E-state index in [9.17, 15) is 9.59 Å². The first-order chi connectivity index (χ1) is 16.0. The molecule has 2 aliphatic heterocycles. The first kappa shape index (κ1) is 21.3. The van der Waals surface area contributed by atoms with Gasteiger partial charge in [-0.1, -0.05) is 29.8 Å². The van der Waals surface area contributed by atoms with E-state index in [1.165, 1.54) is 4.90 Å². The number of ether oxygens (including phenoxy) is 2. The number of benzene rings is 3. The molecule has 0 aliphatic carbocycles. The van der Waals surface area contributed by atoms with Crippen LogP contribution in [-0.2, 0) is 14.4 Å². The van der Waals surface area contributed by atoms with Crippen LogP contribution >= 0.6 is 11.6 Å². The molecule has 2 heterocycles. The highest BCUT2D eigenvalue weighted by atomic mass is 35.5. The zero-order valence-electron chi connectivity index (χ0n) is 18.0. The highest BCUT2D eigenvalue weighted by Crippen LogP contribution is 2.50. The summed E-state index contributed by atoms with van der Waals surface area (Å²) in [6.45, 7) is 0. The summed E-state index contributed by atoms with van der Waals surface area (Å²) in [5.74, 6) is -0.377. The van der Waals surface area contributed by atoms with Crippen molar-refractivity contribution in [1.29, 1.82) is 0 Å². The van der Waals surface area contributed by atoms with Crippen molar-refractivity contribution >= 4 is 34.8 Å². The quantitative estimate of drug-likeness (QED) is 0.521. The van der Waals surface area contributed by atoms with Gasteiger partial charge in [0.25, 0.3) is 5.91 Å². The largest absolute Gasteiger partial charge is 0.497 e. The van der Waals surface area contributed by atoms with Crippen molar-refractivity contribution in [2.24, 2.45) is 5.92 Å². The zero-order chi connectivity index (χ0) is 23.1. The molecule has 3 aromatic carbocycles. The smallest absolute Gasteiger partial charge is 0.266 e. The van der Waals surface area contributed by atoms with Crippen LogP contribution in [0.3, 0.4) is 0 Å². The lowest BCUT2D eigenvalue weighted by Gasteiger charge is -2.29. The number of rotatable bonds is 5. The van der Waals surface area contributed by atoms with Crippen molar-refractivity contribution in [1.82, 2.24) is 0 Å². The Morgan fingerprint density at radius 3 is 2.24 bits per heavy atom. The normalized spacial score (nSPS) is 22.0. The van der Waals surface area contributed by atoms with E-state index in [1.54, 1.807) is 55.7 Å². The number of imide groups is 1. The first-order valence-corrected chi connectivity index (χ1v) is 10.8. The molecule has 5 rings (SSSR count). The topological polar surface area (TPSA) is 68.3 Å². The number of carbonyl (C=O) groups is 2. The number of hydrogen-bond acceptors (Lipinski definition) is 6. The molecule has 0 radical (unpaired) electrons. The summed E-state index contributed by atoms with van der Waals surface area (Å²) in [5, 5.41) is 2.14. The Hall–Kier alpha value is -3.55. The summed E-state index contributed by atoms with van der Waals surface area (Å²) < 4.78 is 11.0. The summed E-state index contributed by atoms with van der Waals surface area (Å²) in [4.78, 5) is 34.4. The average Bonchev–Trinajstić information content (AvgIpc) is 3.36. The van der Waals surface area contributed by atoms with Gasteiger partial charge in [-0.25, -0.2) is 9.96 Å². The SMILES string of the molecule is COc1ccc(OC)c([C@H]2[C@@H]3C(=O)N(c4ccc(Cl)cc4)C(=O)[C@@H]3ON2c2ccccc2)c1. The summed E-state index contributed by atoms with van der Waals surface area (Å²) in [7, 11) is 3.13. The van der Waals surface area contributed by atoms with Crippen LogP contribution in [0.2, 0.25) is 5.02 Å². The van der Waals surface area contributed by atoms with Gasteiger partial charge in [0.15, 0.2) is 6.10 Å². The van der Waals surface area contributed by atoms with Crippen molar-refractivity contribution < 1.29 is 23.9 Å². The van der Waals surface area contributed by atoms with Gasteiger partial charge in [0.05, 0.1) is 25.6 Å². The van der Waals surface area contributed by atoms with Gasteiger partial charge < -0.3 is 9.47 Å². The summed E-state index contributed by atoms with van der Waals surface area (Å²) in [6.07, 6.45) is -0.978. The minimum Gasteiger partial charge on any atom is -0.497 e. The molecular weight excluding hydrogens is 444 g/mol. The fourth-order valence-electron chi connectivity index (χ4n) is 4.44. The second-order valence-corrected chi connectivity index (χ2v) is 8.19. The van der Waals surface area contributed by atoms with Crippen LogP contribution < -0.4 is 19.4 Å². The van der Waals surface area contributed by atoms with Crippen LogP contribution in [0.15, 0.2) is 72.8 Å². The number of nitrogens with zero attached hydrogens (tertiary/aromatic N) is 2. The van der Waals surface area contributed by atoms with Crippen molar-refractivity contribution in [2.75, 3.05) is 24.2 Å². The summed E-state index contributed by atoms with van der Waals surface area (Å²) >= 11 is 5.99. The highest BCUT2D eigenvalue weighted by Gasteiger charge is 2.60. The molecule has 2 aliphatic rings. The molecule has 2 fully saturated rings. The van der Waals surface area contributed by atoms with E-state index in [0.29, 0.717) is 27.8 Å². The van der Waals surface area contributed by atoms with Crippen LogP contribution in [0.25, 0.3) is 0 Å². The predicted molar refractivity (Wildman–Crippen MR) is 124 cm³/mol. The molecule has 8 heteroatoms. The van der Waals surface area contributed by atoms with E-state index < -0.39 is 24.0 Å². The number of fused-ring (bicyclic) bond motifs is 1. The van der Waals surface area contributed by atoms with Gasteiger partial charge >= 0.3 is 0 Å². The standard InChI is InChI=1S/C25H21ClN2O5/c1-31-18-12-13-20(32-2)19(14-18)22-21-23(33-28(22)17-6-4-3-5-7-17)25(30)27(24(21)29)16-10-8-15(26)9-11-16/h3-14,21-23H,1-2H3/t21-,22-,23+/m0/s1. The van der Waals surface area contributed by atoms with E-state index in [2.05, 4.69) is 0 Å². The molecule has 0 spiro atoms. The minimum atomic E-state index is -0.978. The molecule has 3 atom stereocenters. The molecule has 0 unspecified atom stereocenters. The van der Waals surface area contributed by atoms with Crippen LogP contribution in [-0.4, -0.2) is 32.1 Å². The number of hydroxylamine groups is 1. The molecule has 0 aromatic heterocycles. The second-order valence-electron chi connectivity index (χ2n) is 7.75. The monoisotopic (exact) mass is 464 g/mol. The summed E-state index contributed by atoms with van der Waals surface area (Å²) in [6, 6.07) is 20.7. The van der Waals surface area contributed by atoms with E-state index in [1.807, 2.05) is 36.4 Å². The van der Waals surface area contributed by atoms with Gasteiger partial charge in [-0.05, 0) is 54.6 Å². The third kappa shape index (κ3) is 3.50. The van der Waals surface area contributed by atoms with E-state index >= 15 is 0 Å². The molecule has 0 bridgehead atoms.